The van der Waals surface area contributed by atoms with E-state index in [2.05, 4.69) is 33.2 Å². The Morgan fingerprint density at radius 3 is 1.76 bits per heavy atom. The van der Waals surface area contributed by atoms with E-state index in [1.165, 1.54) is 34.1 Å². The molecule has 206 valence electrons. The van der Waals surface area contributed by atoms with Gasteiger partial charge in [-0.2, -0.15) is 0 Å². The number of rotatable bonds is 15. The fraction of sp³-hybridized carbons (Fsp3) is 0.304. The maximum Gasteiger partial charge on any atom is 0.317 e. The highest BCUT2D eigenvalue weighted by Gasteiger charge is 2.19. The summed E-state index contributed by atoms with van der Waals surface area (Å²) in [5.74, 6) is -3.29. The van der Waals surface area contributed by atoms with Gasteiger partial charge in [-0.15, -0.1) is 0 Å². The molecule has 2 aromatic rings. The molecule has 0 atom stereocenters. The van der Waals surface area contributed by atoms with Crippen molar-refractivity contribution in [2.45, 2.75) is 11.4 Å². The first-order chi connectivity index (χ1) is 17.8. The molecule has 0 saturated carbocycles. The summed E-state index contributed by atoms with van der Waals surface area (Å²) in [6.45, 7) is -1.39. The number of carboxylic acid groups (broad SMARTS) is 2. The lowest BCUT2D eigenvalue weighted by Gasteiger charge is -2.25. The van der Waals surface area contributed by atoms with Crippen molar-refractivity contribution >= 4 is 62.1 Å². The summed E-state index contributed by atoms with van der Waals surface area (Å²) in [4.78, 5) is 50.0. The number of carbonyl (C=O) groups is 4. The smallest absolute Gasteiger partial charge is 0.317 e. The number of sulfonamides is 1. The van der Waals surface area contributed by atoms with Crippen molar-refractivity contribution in [3.05, 3.63) is 57.7 Å². The molecule has 0 aromatic heterocycles. The molecule has 0 spiro atoms. The summed E-state index contributed by atoms with van der Waals surface area (Å²) < 4.78 is 23.7. The molecule has 0 aliphatic carbocycles. The van der Waals surface area contributed by atoms with Gasteiger partial charge in [0.2, 0.25) is 21.8 Å². The summed E-state index contributed by atoms with van der Waals surface area (Å²) in [5.41, 5.74) is 1.15. The molecule has 0 fully saturated rings. The Bertz CT molecular complexity index is 1240. The molecule has 2 amide bonds. The molecule has 0 aliphatic rings. The largest absolute Gasteiger partial charge is 0.480 e. The van der Waals surface area contributed by atoms with Gasteiger partial charge in [0.25, 0.3) is 0 Å². The van der Waals surface area contributed by atoms with Gasteiger partial charge in [-0.3, -0.25) is 29.0 Å². The molecular formula is C23H28IN5O8S. The first-order valence-corrected chi connectivity index (χ1v) is 13.8. The number of aliphatic carboxylic acids is 2. The lowest BCUT2D eigenvalue weighted by Crippen LogP contribution is -2.45. The second kappa shape index (κ2) is 14.7. The fourth-order valence-corrected chi connectivity index (χ4v) is 4.16. The number of primary sulfonamides is 1. The van der Waals surface area contributed by atoms with E-state index < -0.39 is 46.9 Å². The lowest BCUT2D eigenvalue weighted by atomic mass is 10.2. The quantitative estimate of drug-likeness (QED) is 0.162. The molecule has 0 aliphatic heterocycles. The zero-order chi connectivity index (χ0) is 28.3. The molecule has 2 aromatic carbocycles. The highest BCUT2D eigenvalue weighted by atomic mass is 127. The summed E-state index contributed by atoms with van der Waals surface area (Å²) in [5, 5.41) is 28.8. The Hall–Kier alpha value is -3.12. The van der Waals surface area contributed by atoms with Crippen LogP contribution in [0.1, 0.15) is 5.56 Å². The van der Waals surface area contributed by atoms with Crippen LogP contribution >= 0.6 is 22.6 Å². The van der Waals surface area contributed by atoms with Gasteiger partial charge in [-0.1, -0.05) is 12.1 Å². The normalized spacial score (nSPS) is 11.4. The summed E-state index contributed by atoms with van der Waals surface area (Å²) in [6.07, 6.45) is 0. The predicted molar refractivity (Wildman–Crippen MR) is 146 cm³/mol. The van der Waals surface area contributed by atoms with Crippen LogP contribution in [0.3, 0.4) is 0 Å². The number of halogens is 1. The Morgan fingerprint density at radius 2 is 1.29 bits per heavy atom. The standard InChI is InChI=1S/C23H28IN5O8S/c24-17-3-5-18(6-4-17)27-21(31)13-29(15-23(34)35)10-9-28(14-22(32)33)12-20(30)26-11-16-1-7-19(8-2-16)38(25,36)37/h1-8H,9-15H2,(H,26,30)(H,27,31)(H,32,33)(H,34,35)(H2,25,36,37). The molecule has 6 N–H and O–H groups in total. The Morgan fingerprint density at radius 1 is 0.789 bits per heavy atom. The monoisotopic (exact) mass is 661 g/mol. The predicted octanol–water partition coefficient (Wildman–Crippen LogP) is -0.0333. The van der Waals surface area contributed by atoms with Crippen molar-refractivity contribution in [1.29, 1.82) is 0 Å². The number of benzene rings is 2. The van der Waals surface area contributed by atoms with Crippen molar-refractivity contribution < 1.29 is 37.8 Å². The van der Waals surface area contributed by atoms with E-state index in [9.17, 15) is 37.8 Å². The zero-order valence-corrected chi connectivity index (χ0v) is 23.1. The Labute approximate surface area is 233 Å². The first-order valence-electron chi connectivity index (χ1n) is 11.1. The van der Waals surface area contributed by atoms with Crippen molar-refractivity contribution in [3.8, 4) is 0 Å². The number of anilines is 1. The third-order valence-electron chi connectivity index (χ3n) is 5.05. The molecule has 0 bridgehead atoms. The van der Waals surface area contributed by atoms with E-state index in [0.717, 1.165) is 3.57 Å². The molecule has 0 heterocycles. The zero-order valence-electron chi connectivity index (χ0n) is 20.2. The van der Waals surface area contributed by atoms with Crippen molar-refractivity contribution in [2.24, 2.45) is 5.14 Å². The highest BCUT2D eigenvalue weighted by Crippen LogP contribution is 2.11. The molecule has 13 nitrogen and oxygen atoms in total. The van der Waals surface area contributed by atoms with E-state index in [1.807, 2.05) is 0 Å². The van der Waals surface area contributed by atoms with E-state index in [0.29, 0.717) is 11.3 Å². The maximum atomic E-state index is 12.4. The topological polar surface area (TPSA) is 199 Å². The van der Waals surface area contributed by atoms with E-state index in [1.54, 1.807) is 24.3 Å². The lowest BCUT2D eigenvalue weighted by molar-refractivity contribution is -0.141. The van der Waals surface area contributed by atoms with E-state index in [4.69, 9.17) is 5.14 Å². The first kappa shape index (κ1) is 31.1. The van der Waals surface area contributed by atoms with Crippen molar-refractivity contribution in [3.63, 3.8) is 0 Å². The van der Waals surface area contributed by atoms with Gasteiger partial charge in [0, 0.05) is 28.9 Å². The van der Waals surface area contributed by atoms with Crippen LogP contribution in [0.25, 0.3) is 0 Å². The molecular weight excluding hydrogens is 633 g/mol. The summed E-state index contributed by atoms with van der Waals surface area (Å²) in [7, 11) is -3.84. The number of carbonyl (C=O) groups excluding carboxylic acids is 2. The SMILES string of the molecule is NS(=O)(=O)c1ccc(CNC(=O)CN(CCN(CC(=O)O)CC(=O)Nc2ccc(I)cc2)CC(=O)O)cc1. The number of hydrogen-bond donors (Lipinski definition) is 5. The number of carboxylic acids is 2. The second-order valence-electron chi connectivity index (χ2n) is 8.23. The molecule has 2 rings (SSSR count). The van der Waals surface area contributed by atoms with Gasteiger partial charge in [0.15, 0.2) is 0 Å². The average molecular weight is 661 g/mol. The van der Waals surface area contributed by atoms with Crippen LogP contribution in [0, 0.1) is 3.57 Å². The summed E-state index contributed by atoms with van der Waals surface area (Å²) in [6, 6.07) is 12.6. The number of nitrogens with one attached hydrogen (secondary N) is 2. The van der Waals surface area contributed by atoms with Crippen molar-refractivity contribution in [2.75, 3.05) is 44.6 Å². The van der Waals surface area contributed by atoms with Gasteiger partial charge in [0.1, 0.15) is 0 Å². The van der Waals surface area contributed by atoms with Crippen LogP contribution in [-0.2, 0) is 35.7 Å². The van der Waals surface area contributed by atoms with Gasteiger partial charge in [-0.25, -0.2) is 13.6 Å². The van der Waals surface area contributed by atoms with E-state index in [-0.39, 0.29) is 37.6 Å². The average Bonchev–Trinajstić information content (AvgIpc) is 2.81. The van der Waals surface area contributed by atoms with Crippen LogP contribution in [0.5, 0.6) is 0 Å². The maximum absolute atomic E-state index is 12.4. The molecule has 38 heavy (non-hydrogen) atoms. The molecule has 15 heteroatoms. The Balaban J connectivity index is 1.93. The van der Waals surface area contributed by atoms with Crippen LogP contribution in [0.4, 0.5) is 5.69 Å². The molecule has 0 saturated heterocycles. The number of amides is 2. The minimum Gasteiger partial charge on any atom is -0.480 e. The van der Waals surface area contributed by atoms with Crippen LogP contribution in [0.15, 0.2) is 53.4 Å². The highest BCUT2D eigenvalue weighted by molar-refractivity contribution is 14.1. The van der Waals surface area contributed by atoms with Gasteiger partial charge in [0.05, 0.1) is 31.1 Å². The van der Waals surface area contributed by atoms with E-state index >= 15 is 0 Å². The number of hydrogen-bond acceptors (Lipinski definition) is 8. The number of nitrogens with zero attached hydrogens (tertiary/aromatic N) is 2. The van der Waals surface area contributed by atoms with Crippen LogP contribution in [0.2, 0.25) is 0 Å². The van der Waals surface area contributed by atoms with Gasteiger partial charge < -0.3 is 20.8 Å². The minimum absolute atomic E-state index is 0.00681. The third-order valence-corrected chi connectivity index (χ3v) is 6.70. The van der Waals surface area contributed by atoms with Crippen LogP contribution < -0.4 is 15.8 Å². The minimum atomic E-state index is -3.84. The fourth-order valence-electron chi connectivity index (χ4n) is 3.29. The van der Waals surface area contributed by atoms with Gasteiger partial charge >= 0.3 is 11.9 Å². The molecule has 0 radical (unpaired) electrons. The Kier molecular flexibility index (Phi) is 12.0. The summed E-state index contributed by atoms with van der Waals surface area (Å²) >= 11 is 2.12. The third kappa shape index (κ3) is 12.0. The van der Waals surface area contributed by atoms with Crippen LogP contribution in [-0.4, -0.2) is 91.5 Å². The van der Waals surface area contributed by atoms with Crippen molar-refractivity contribution in [1.82, 2.24) is 15.1 Å². The number of nitrogens with two attached hydrogens (primary N) is 1. The second-order valence-corrected chi connectivity index (χ2v) is 11.0. The molecule has 0 unspecified atom stereocenters. The van der Waals surface area contributed by atoms with Gasteiger partial charge in [-0.05, 0) is 64.6 Å².